The lowest BCUT2D eigenvalue weighted by Gasteiger charge is -1.95. The van der Waals surface area contributed by atoms with Crippen LogP contribution in [0.3, 0.4) is 0 Å². The van der Waals surface area contributed by atoms with Gasteiger partial charge in [0, 0.05) is 5.56 Å². The number of furan rings is 1. The molecule has 0 aliphatic heterocycles. The molecule has 0 spiro atoms. The number of carbonyl (C=O) groups excluding carboxylic acids is 1. The van der Waals surface area contributed by atoms with Gasteiger partial charge in [-0.25, -0.2) is 4.98 Å². The van der Waals surface area contributed by atoms with Crippen LogP contribution in [0.15, 0.2) is 34.7 Å². The smallest absolute Gasteiger partial charge is 0.185 e. The van der Waals surface area contributed by atoms with Crippen LogP contribution in [0.25, 0.3) is 21.5 Å². The Balaban J connectivity index is 2.02. The van der Waals surface area contributed by atoms with Crippen LogP contribution in [0.5, 0.6) is 0 Å². The van der Waals surface area contributed by atoms with Crippen LogP contribution in [0.1, 0.15) is 28.9 Å². The first-order chi connectivity index (χ1) is 9.30. The van der Waals surface area contributed by atoms with Crippen LogP contribution in [0.2, 0.25) is 0 Å². The highest BCUT2D eigenvalue weighted by Crippen LogP contribution is 2.29. The summed E-state index contributed by atoms with van der Waals surface area (Å²) in [6, 6.07) is 9.55. The van der Waals surface area contributed by atoms with E-state index in [1.54, 1.807) is 17.4 Å². The molecule has 2 heterocycles. The van der Waals surface area contributed by atoms with Crippen LogP contribution < -0.4 is 0 Å². The second-order valence-corrected chi connectivity index (χ2v) is 5.48. The average molecular weight is 271 g/mol. The van der Waals surface area contributed by atoms with Gasteiger partial charge in [0.25, 0.3) is 0 Å². The largest absolute Gasteiger partial charge is 0.453 e. The molecule has 0 radical (unpaired) electrons. The molecular formula is C15H13NO2S. The van der Waals surface area contributed by atoms with Gasteiger partial charge < -0.3 is 4.42 Å². The molecular weight excluding hydrogens is 258 g/mol. The van der Waals surface area contributed by atoms with Gasteiger partial charge in [0.2, 0.25) is 0 Å². The number of benzene rings is 1. The van der Waals surface area contributed by atoms with Crippen molar-refractivity contribution in [2.75, 3.05) is 0 Å². The van der Waals surface area contributed by atoms with E-state index in [-0.39, 0.29) is 0 Å². The van der Waals surface area contributed by atoms with Gasteiger partial charge in [0.1, 0.15) is 5.76 Å². The lowest BCUT2D eigenvalue weighted by atomic mass is 10.2. The van der Waals surface area contributed by atoms with Crippen molar-refractivity contribution >= 4 is 27.8 Å². The number of nitrogens with zero attached hydrogens (tertiary/aromatic N) is 1. The maximum Gasteiger partial charge on any atom is 0.185 e. The number of aldehydes is 1. The summed E-state index contributed by atoms with van der Waals surface area (Å²) in [7, 11) is 0. The van der Waals surface area contributed by atoms with Gasteiger partial charge in [-0.15, -0.1) is 11.3 Å². The van der Waals surface area contributed by atoms with E-state index >= 15 is 0 Å². The molecule has 19 heavy (non-hydrogen) atoms. The number of fused-ring (bicyclic) bond motifs is 1. The monoisotopic (exact) mass is 271 g/mol. The van der Waals surface area contributed by atoms with Crippen LogP contribution in [-0.4, -0.2) is 11.3 Å². The van der Waals surface area contributed by atoms with Crippen molar-refractivity contribution in [3.63, 3.8) is 0 Å². The predicted molar refractivity (Wildman–Crippen MR) is 76.7 cm³/mol. The van der Waals surface area contributed by atoms with E-state index in [1.807, 2.05) is 18.2 Å². The quantitative estimate of drug-likeness (QED) is 0.664. The molecule has 3 nitrogen and oxygen atoms in total. The SMILES string of the molecule is CCCc1nc2ccc(-c3ccc(C=O)o3)cc2s1. The molecule has 0 bridgehead atoms. The minimum absolute atomic E-state index is 0.353. The molecule has 0 unspecified atom stereocenters. The maximum atomic E-state index is 10.6. The Morgan fingerprint density at radius 2 is 2.21 bits per heavy atom. The molecule has 2 aromatic heterocycles. The fraction of sp³-hybridized carbons (Fsp3) is 0.200. The lowest BCUT2D eigenvalue weighted by Crippen LogP contribution is -1.78. The van der Waals surface area contributed by atoms with Crippen molar-refractivity contribution in [2.45, 2.75) is 19.8 Å². The molecule has 96 valence electrons. The van der Waals surface area contributed by atoms with E-state index in [2.05, 4.69) is 18.0 Å². The first kappa shape index (κ1) is 12.1. The summed E-state index contributed by atoms with van der Waals surface area (Å²) in [6.07, 6.45) is 2.84. The summed E-state index contributed by atoms with van der Waals surface area (Å²) >= 11 is 1.72. The molecule has 0 amide bonds. The molecule has 3 aromatic rings. The Kier molecular flexibility index (Phi) is 3.17. The summed E-state index contributed by atoms with van der Waals surface area (Å²) in [4.78, 5) is 15.2. The van der Waals surface area contributed by atoms with Crippen LogP contribution in [-0.2, 0) is 6.42 Å². The Morgan fingerprint density at radius 3 is 2.95 bits per heavy atom. The van der Waals surface area contributed by atoms with Gasteiger partial charge in [-0.2, -0.15) is 0 Å². The van der Waals surface area contributed by atoms with Gasteiger partial charge in [0.15, 0.2) is 12.0 Å². The summed E-state index contributed by atoms with van der Waals surface area (Å²) in [5.41, 5.74) is 2.01. The maximum absolute atomic E-state index is 10.6. The van der Waals surface area contributed by atoms with Gasteiger partial charge in [-0.1, -0.05) is 6.92 Å². The van der Waals surface area contributed by atoms with Gasteiger partial charge in [0.05, 0.1) is 15.2 Å². The van der Waals surface area contributed by atoms with E-state index < -0.39 is 0 Å². The zero-order valence-electron chi connectivity index (χ0n) is 10.6. The summed E-state index contributed by atoms with van der Waals surface area (Å²) in [5.74, 6) is 1.07. The van der Waals surface area contributed by atoms with E-state index in [4.69, 9.17) is 4.42 Å². The summed E-state index contributed by atoms with van der Waals surface area (Å²) in [5, 5.41) is 1.17. The first-order valence-electron chi connectivity index (χ1n) is 6.25. The molecule has 0 saturated carbocycles. The third-order valence-electron chi connectivity index (χ3n) is 2.92. The van der Waals surface area contributed by atoms with Crippen molar-refractivity contribution in [2.24, 2.45) is 0 Å². The fourth-order valence-corrected chi connectivity index (χ4v) is 3.13. The minimum Gasteiger partial charge on any atom is -0.453 e. The molecule has 0 fully saturated rings. The van der Waals surface area contributed by atoms with Crippen molar-refractivity contribution in [3.05, 3.63) is 41.1 Å². The van der Waals surface area contributed by atoms with Crippen LogP contribution in [0, 0.1) is 0 Å². The third kappa shape index (κ3) is 2.31. The number of rotatable bonds is 4. The van der Waals surface area contributed by atoms with E-state index in [0.29, 0.717) is 12.0 Å². The highest BCUT2D eigenvalue weighted by Gasteiger charge is 2.08. The predicted octanol–water partition coefficient (Wildman–Crippen LogP) is 4.32. The molecule has 0 saturated heterocycles. The van der Waals surface area contributed by atoms with Crippen molar-refractivity contribution in [3.8, 4) is 11.3 Å². The van der Waals surface area contributed by atoms with E-state index in [1.165, 1.54) is 5.01 Å². The topological polar surface area (TPSA) is 43.1 Å². The highest BCUT2D eigenvalue weighted by atomic mass is 32.1. The molecule has 0 aliphatic rings. The molecule has 0 N–H and O–H groups in total. The third-order valence-corrected chi connectivity index (χ3v) is 4.00. The first-order valence-corrected chi connectivity index (χ1v) is 7.06. The second-order valence-electron chi connectivity index (χ2n) is 4.36. The number of aromatic nitrogens is 1. The zero-order valence-corrected chi connectivity index (χ0v) is 11.4. The van der Waals surface area contributed by atoms with E-state index in [9.17, 15) is 4.79 Å². The van der Waals surface area contributed by atoms with Gasteiger partial charge in [-0.3, -0.25) is 4.79 Å². The summed E-state index contributed by atoms with van der Waals surface area (Å²) < 4.78 is 6.60. The number of thiazole rings is 1. The minimum atomic E-state index is 0.353. The Labute approximate surface area is 114 Å². The lowest BCUT2D eigenvalue weighted by molar-refractivity contribution is 0.110. The fourth-order valence-electron chi connectivity index (χ4n) is 2.02. The van der Waals surface area contributed by atoms with Gasteiger partial charge >= 0.3 is 0 Å². The normalized spacial score (nSPS) is 11.0. The van der Waals surface area contributed by atoms with Crippen LogP contribution in [0.4, 0.5) is 0 Å². The highest BCUT2D eigenvalue weighted by molar-refractivity contribution is 7.18. The standard InChI is InChI=1S/C15H13NO2S/c1-2-3-15-16-12-6-4-10(8-14(12)19-15)13-7-5-11(9-17)18-13/h4-9H,2-3H2,1H3. The molecule has 4 heteroatoms. The Morgan fingerprint density at radius 1 is 1.32 bits per heavy atom. The second kappa shape index (κ2) is 4.97. The zero-order chi connectivity index (χ0) is 13.2. The Hall–Kier alpha value is -1.94. The van der Waals surface area contributed by atoms with Crippen molar-refractivity contribution in [1.29, 1.82) is 0 Å². The van der Waals surface area contributed by atoms with E-state index in [0.717, 1.165) is 34.4 Å². The molecule has 3 rings (SSSR count). The number of carbonyl (C=O) groups is 1. The molecule has 0 atom stereocenters. The van der Waals surface area contributed by atoms with Crippen molar-refractivity contribution in [1.82, 2.24) is 4.98 Å². The summed E-state index contributed by atoms with van der Waals surface area (Å²) in [6.45, 7) is 2.15. The Bertz CT molecular complexity index is 727. The molecule has 1 aromatic carbocycles. The van der Waals surface area contributed by atoms with Crippen LogP contribution >= 0.6 is 11.3 Å². The van der Waals surface area contributed by atoms with Gasteiger partial charge in [-0.05, 0) is 43.2 Å². The van der Waals surface area contributed by atoms with Crippen molar-refractivity contribution < 1.29 is 9.21 Å². The number of hydrogen-bond donors (Lipinski definition) is 0. The average Bonchev–Trinajstić information content (AvgIpc) is 3.04. The molecule has 0 aliphatic carbocycles. The number of hydrogen-bond acceptors (Lipinski definition) is 4. The number of aryl methyl sites for hydroxylation is 1.